The fraction of sp³-hybridized carbons (Fsp3) is 0.500. The first-order valence-corrected chi connectivity index (χ1v) is 6.54. The van der Waals surface area contributed by atoms with Crippen molar-refractivity contribution < 1.29 is 14.3 Å². The van der Waals surface area contributed by atoms with Crippen molar-refractivity contribution in [3.8, 4) is 0 Å². The molecule has 5 heteroatoms. The molecule has 2 atom stereocenters. The lowest BCUT2D eigenvalue weighted by Crippen LogP contribution is -2.47. The monoisotopic (exact) mass is 266 g/mol. The standard InChI is InChI=1S/C14H19FN2O2/c15-12-3-1-10(2-4-12)7-13-8-11(9-16)5-6-17(13)14(18)19/h1-4,11,13H,5-9,16H2,(H,18,19). The summed E-state index contributed by atoms with van der Waals surface area (Å²) in [6, 6.07) is 6.17. The number of carbonyl (C=O) groups is 1. The predicted molar refractivity (Wildman–Crippen MR) is 70.4 cm³/mol. The first-order chi connectivity index (χ1) is 9.10. The molecule has 3 N–H and O–H groups in total. The van der Waals surface area contributed by atoms with Crippen LogP contribution in [-0.4, -0.2) is 35.2 Å². The van der Waals surface area contributed by atoms with Gasteiger partial charge in [-0.05, 0) is 49.4 Å². The van der Waals surface area contributed by atoms with Gasteiger partial charge < -0.3 is 15.7 Å². The summed E-state index contributed by atoms with van der Waals surface area (Å²) >= 11 is 0. The van der Waals surface area contributed by atoms with Crippen LogP contribution < -0.4 is 5.73 Å². The molecule has 19 heavy (non-hydrogen) atoms. The lowest BCUT2D eigenvalue weighted by atomic mass is 9.88. The van der Waals surface area contributed by atoms with Crippen molar-refractivity contribution in [3.63, 3.8) is 0 Å². The smallest absolute Gasteiger partial charge is 0.407 e. The number of benzene rings is 1. The van der Waals surface area contributed by atoms with Crippen LogP contribution in [0.5, 0.6) is 0 Å². The van der Waals surface area contributed by atoms with E-state index in [-0.39, 0.29) is 11.9 Å². The highest BCUT2D eigenvalue weighted by molar-refractivity contribution is 5.65. The van der Waals surface area contributed by atoms with E-state index in [4.69, 9.17) is 5.73 Å². The molecule has 1 saturated heterocycles. The second kappa shape index (κ2) is 6.02. The van der Waals surface area contributed by atoms with Gasteiger partial charge >= 0.3 is 6.09 Å². The molecule has 0 radical (unpaired) electrons. The summed E-state index contributed by atoms with van der Waals surface area (Å²) in [4.78, 5) is 12.7. The van der Waals surface area contributed by atoms with Crippen molar-refractivity contribution in [1.82, 2.24) is 4.90 Å². The van der Waals surface area contributed by atoms with Crippen LogP contribution in [0.2, 0.25) is 0 Å². The third-order valence-corrected chi connectivity index (χ3v) is 3.79. The summed E-state index contributed by atoms with van der Waals surface area (Å²) in [5.74, 6) is 0.100. The number of amides is 1. The SMILES string of the molecule is NCC1CCN(C(=O)O)C(Cc2ccc(F)cc2)C1. The third kappa shape index (κ3) is 3.44. The Bertz CT molecular complexity index is 436. The molecule has 1 aliphatic heterocycles. The summed E-state index contributed by atoms with van der Waals surface area (Å²) in [7, 11) is 0. The molecule has 104 valence electrons. The van der Waals surface area contributed by atoms with E-state index in [1.165, 1.54) is 17.0 Å². The largest absolute Gasteiger partial charge is 0.465 e. The van der Waals surface area contributed by atoms with Crippen LogP contribution in [0.1, 0.15) is 18.4 Å². The second-order valence-electron chi connectivity index (χ2n) is 5.09. The zero-order valence-electron chi connectivity index (χ0n) is 10.8. The van der Waals surface area contributed by atoms with E-state index in [1.54, 1.807) is 12.1 Å². The molecule has 1 aromatic carbocycles. The van der Waals surface area contributed by atoms with Crippen LogP contribution in [0, 0.1) is 11.7 Å². The molecule has 2 unspecified atom stereocenters. The zero-order chi connectivity index (χ0) is 13.8. The van der Waals surface area contributed by atoms with Gasteiger partial charge in [0.1, 0.15) is 5.82 Å². The van der Waals surface area contributed by atoms with Crippen molar-refractivity contribution >= 4 is 6.09 Å². The molecule has 1 aromatic rings. The average Bonchev–Trinajstić information content (AvgIpc) is 2.41. The van der Waals surface area contributed by atoms with E-state index < -0.39 is 6.09 Å². The number of likely N-dealkylation sites (tertiary alicyclic amines) is 1. The highest BCUT2D eigenvalue weighted by Gasteiger charge is 2.30. The minimum atomic E-state index is -0.886. The second-order valence-corrected chi connectivity index (χ2v) is 5.09. The van der Waals surface area contributed by atoms with Crippen molar-refractivity contribution in [2.75, 3.05) is 13.1 Å². The topological polar surface area (TPSA) is 66.6 Å². The van der Waals surface area contributed by atoms with Gasteiger partial charge in [0.15, 0.2) is 0 Å². The molecule has 0 spiro atoms. The molecular formula is C14H19FN2O2. The van der Waals surface area contributed by atoms with Gasteiger partial charge in [-0.3, -0.25) is 0 Å². The van der Waals surface area contributed by atoms with Crippen molar-refractivity contribution in [1.29, 1.82) is 0 Å². The Morgan fingerprint density at radius 2 is 2.11 bits per heavy atom. The maximum absolute atomic E-state index is 12.9. The average molecular weight is 266 g/mol. The summed E-state index contributed by atoms with van der Waals surface area (Å²) < 4.78 is 12.9. The van der Waals surface area contributed by atoms with Crippen LogP contribution in [0.25, 0.3) is 0 Å². The normalized spacial score (nSPS) is 23.4. The number of hydrogen-bond acceptors (Lipinski definition) is 2. The van der Waals surface area contributed by atoms with Crippen molar-refractivity contribution in [2.45, 2.75) is 25.3 Å². The first kappa shape index (κ1) is 13.8. The molecule has 2 rings (SSSR count). The lowest BCUT2D eigenvalue weighted by molar-refractivity contribution is 0.0910. The molecule has 0 aromatic heterocycles. The van der Waals surface area contributed by atoms with Gasteiger partial charge in [0.25, 0.3) is 0 Å². The number of nitrogens with zero attached hydrogens (tertiary/aromatic N) is 1. The minimum absolute atomic E-state index is 0.0646. The van der Waals surface area contributed by atoms with E-state index in [9.17, 15) is 14.3 Å². The number of halogens is 1. The Morgan fingerprint density at radius 3 is 2.68 bits per heavy atom. The summed E-state index contributed by atoms with van der Waals surface area (Å²) in [6.45, 7) is 1.12. The molecule has 1 aliphatic rings. The maximum Gasteiger partial charge on any atom is 0.407 e. The summed E-state index contributed by atoms with van der Waals surface area (Å²) in [5.41, 5.74) is 6.64. The number of rotatable bonds is 3. The fourth-order valence-corrected chi connectivity index (χ4v) is 2.69. The van der Waals surface area contributed by atoms with Crippen LogP contribution in [0.3, 0.4) is 0 Å². The van der Waals surface area contributed by atoms with Crippen molar-refractivity contribution in [3.05, 3.63) is 35.6 Å². The predicted octanol–water partition coefficient (Wildman–Crippen LogP) is 2.09. The Labute approximate surface area is 112 Å². The molecule has 1 heterocycles. The summed E-state index contributed by atoms with van der Waals surface area (Å²) in [6.07, 6.45) is 1.33. The van der Waals surface area contributed by atoms with Crippen molar-refractivity contribution in [2.24, 2.45) is 11.7 Å². The summed E-state index contributed by atoms with van der Waals surface area (Å²) in [5, 5.41) is 9.22. The lowest BCUT2D eigenvalue weighted by Gasteiger charge is -2.37. The van der Waals surface area contributed by atoms with E-state index in [2.05, 4.69) is 0 Å². The number of piperidine rings is 1. The minimum Gasteiger partial charge on any atom is -0.465 e. The zero-order valence-corrected chi connectivity index (χ0v) is 10.8. The molecule has 4 nitrogen and oxygen atoms in total. The van der Waals surface area contributed by atoms with Crippen LogP contribution in [-0.2, 0) is 6.42 Å². The van der Waals surface area contributed by atoms with E-state index in [1.807, 2.05) is 0 Å². The van der Waals surface area contributed by atoms with Gasteiger partial charge in [0.2, 0.25) is 0 Å². The third-order valence-electron chi connectivity index (χ3n) is 3.79. The Balaban J connectivity index is 2.08. The molecule has 1 amide bonds. The Morgan fingerprint density at radius 1 is 1.42 bits per heavy atom. The Hall–Kier alpha value is -1.62. The Kier molecular flexibility index (Phi) is 4.37. The van der Waals surface area contributed by atoms with E-state index >= 15 is 0 Å². The van der Waals surface area contributed by atoms with Crippen LogP contribution in [0.15, 0.2) is 24.3 Å². The number of hydrogen-bond donors (Lipinski definition) is 2. The number of carboxylic acid groups (broad SMARTS) is 1. The maximum atomic E-state index is 12.9. The van der Waals surface area contributed by atoms with E-state index in [0.29, 0.717) is 25.4 Å². The number of nitrogens with two attached hydrogens (primary N) is 1. The van der Waals surface area contributed by atoms with Gasteiger partial charge in [0.05, 0.1) is 0 Å². The van der Waals surface area contributed by atoms with Crippen LogP contribution >= 0.6 is 0 Å². The first-order valence-electron chi connectivity index (χ1n) is 6.54. The quantitative estimate of drug-likeness (QED) is 0.880. The molecule has 0 aliphatic carbocycles. The highest BCUT2D eigenvalue weighted by Crippen LogP contribution is 2.25. The van der Waals surface area contributed by atoms with Gasteiger partial charge in [0, 0.05) is 12.6 Å². The van der Waals surface area contributed by atoms with Gasteiger partial charge in [-0.1, -0.05) is 12.1 Å². The molecule has 1 fully saturated rings. The molecule has 0 saturated carbocycles. The highest BCUT2D eigenvalue weighted by atomic mass is 19.1. The van der Waals surface area contributed by atoms with Crippen LogP contribution in [0.4, 0.5) is 9.18 Å². The van der Waals surface area contributed by atoms with E-state index in [0.717, 1.165) is 18.4 Å². The van der Waals surface area contributed by atoms with Gasteiger partial charge in [-0.15, -0.1) is 0 Å². The van der Waals surface area contributed by atoms with Gasteiger partial charge in [-0.2, -0.15) is 0 Å². The van der Waals surface area contributed by atoms with Gasteiger partial charge in [-0.25, -0.2) is 9.18 Å². The fourth-order valence-electron chi connectivity index (χ4n) is 2.69. The molecular weight excluding hydrogens is 247 g/mol. The molecule has 0 bridgehead atoms.